The van der Waals surface area contributed by atoms with Crippen molar-refractivity contribution in [2.45, 2.75) is 529 Å². The maximum atomic E-state index is 10.8. The molecule has 576 valence electrons. The van der Waals surface area contributed by atoms with E-state index < -0.39 is 11.9 Å². The van der Waals surface area contributed by atoms with Gasteiger partial charge < -0.3 is 29.6 Å². The third-order valence-corrected chi connectivity index (χ3v) is 21.5. The molecule has 0 aromatic rings. The topological polar surface area (TPSA) is 86.7 Å². The summed E-state index contributed by atoms with van der Waals surface area (Å²) in [5.41, 5.74) is 0. The maximum Gasteiger partial charge on any atom is 2.00 e. The molecule has 0 saturated heterocycles. The SMILES string of the molecule is CCCCCCCCCCCCCCCCCCCCN(CCCCCCCCCCCCCCCCCCCC)CCCCC(=O)[O-].CCCCCCCCCCCCCCCCCCCCN(CCCCCCCCCCCCCCCCCCCC)CCCCC(=O)[O-].[Ca+2]. The number of hydrogen-bond acceptors (Lipinski definition) is 6. The molecule has 0 N–H and O–H groups in total. The van der Waals surface area contributed by atoms with Crippen molar-refractivity contribution in [3.05, 3.63) is 0 Å². The third-order valence-electron chi connectivity index (χ3n) is 21.5. The Morgan fingerprint density at radius 1 is 0.165 bits per heavy atom. The molecule has 0 aromatic carbocycles. The summed E-state index contributed by atoms with van der Waals surface area (Å²) in [6.07, 6.45) is 106. The average molecular weight is 1390 g/mol. The van der Waals surface area contributed by atoms with Crippen LogP contribution in [0.2, 0.25) is 0 Å². The van der Waals surface area contributed by atoms with Crippen LogP contribution in [-0.4, -0.2) is 98.7 Å². The van der Waals surface area contributed by atoms with E-state index in [0.717, 1.165) is 38.8 Å². The molecular weight excluding hydrogens is 1210 g/mol. The summed E-state index contributed by atoms with van der Waals surface area (Å²) < 4.78 is 0. The van der Waals surface area contributed by atoms with Crippen molar-refractivity contribution in [3.8, 4) is 0 Å². The molecule has 0 spiro atoms. The molecule has 0 radical (unpaired) electrons. The zero-order chi connectivity index (χ0) is 69.7. The second-order valence-corrected chi connectivity index (χ2v) is 31.4. The Kier molecular flexibility index (Phi) is 98.3. The van der Waals surface area contributed by atoms with Gasteiger partial charge in [0.1, 0.15) is 0 Å². The van der Waals surface area contributed by atoms with Crippen molar-refractivity contribution in [1.82, 2.24) is 9.80 Å². The summed E-state index contributed by atoms with van der Waals surface area (Å²) in [5.74, 6) is -1.79. The molecule has 0 aliphatic rings. The van der Waals surface area contributed by atoms with Crippen LogP contribution in [0, 0.1) is 0 Å². The quantitative estimate of drug-likeness (QED) is 0.0445. The Labute approximate surface area is 642 Å². The van der Waals surface area contributed by atoms with E-state index in [9.17, 15) is 19.8 Å². The number of carbonyl (C=O) groups is 2. The van der Waals surface area contributed by atoms with Crippen molar-refractivity contribution in [1.29, 1.82) is 0 Å². The molecule has 0 aliphatic heterocycles. The van der Waals surface area contributed by atoms with Gasteiger partial charge in [0.2, 0.25) is 0 Å². The number of hydrogen-bond donors (Lipinski definition) is 0. The molecule has 7 heteroatoms. The van der Waals surface area contributed by atoms with Crippen molar-refractivity contribution >= 4 is 49.7 Å². The van der Waals surface area contributed by atoms with Gasteiger partial charge in [-0.1, -0.05) is 464 Å². The second-order valence-electron chi connectivity index (χ2n) is 31.4. The molecule has 0 rings (SSSR count). The van der Waals surface area contributed by atoms with Crippen LogP contribution in [0.5, 0.6) is 0 Å². The number of carboxylic acids is 2. The fourth-order valence-electron chi connectivity index (χ4n) is 14.8. The van der Waals surface area contributed by atoms with E-state index in [1.807, 2.05) is 0 Å². The fourth-order valence-corrected chi connectivity index (χ4v) is 14.8. The van der Waals surface area contributed by atoms with Gasteiger partial charge in [-0.15, -0.1) is 0 Å². The maximum absolute atomic E-state index is 10.8. The molecule has 0 heterocycles. The van der Waals surface area contributed by atoms with E-state index in [2.05, 4.69) is 37.5 Å². The van der Waals surface area contributed by atoms with E-state index in [4.69, 9.17) is 0 Å². The van der Waals surface area contributed by atoms with Gasteiger partial charge >= 0.3 is 37.7 Å². The normalized spacial score (nSPS) is 11.5. The molecule has 0 aliphatic carbocycles. The van der Waals surface area contributed by atoms with Crippen molar-refractivity contribution in [2.75, 3.05) is 39.3 Å². The van der Waals surface area contributed by atoms with Crippen LogP contribution >= 0.6 is 0 Å². The molecule has 0 bridgehead atoms. The Balaban J connectivity index is -0.00000180. The van der Waals surface area contributed by atoms with Gasteiger partial charge in [0, 0.05) is 11.9 Å². The fraction of sp³-hybridized carbons (Fsp3) is 0.978. The van der Waals surface area contributed by atoms with Gasteiger partial charge in [-0.05, 0) is 103 Å². The van der Waals surface area contributed by atoms with E-state index in [0.29, 0.717) is 0 Å². The first kappa shape index (κ1) is 101. The molecule has 6 nitrogen and oxygen atoms in total. The zero-order valence-corrected chi connectivity index (χ0v) is 69.8. The van der Waals surface area contributed by atoms with Gasteiger partial charge in [-0.25, -0.2) is 0 Å². The van der Waals surface area contributed by atoms with E-state index in [-0.39, 0.29) is 50.6 Å². The van der Waals surface area contributed by atoms with Crippen molar-refractivity contribution in [2.24, 2.45) is 0 Å². The van der Waals surface area contributed by atoms with Crippen molar-refractivity contribution in [3.63, 3.8) is 0 Å². The molecule has 0 amide bonds. The standard InChI is InChI=1S/2C45H91NO2.Ca/c2*1-3-5-7-9-11-13-15-17-19-21-23-25-27-29-31-33-35-38-42-46(44-40-37-41-45(47)48)43-39-36-34-32-30-28-26-24-22-20-18-16-14-12-10-8-6-4-2;/h2*3-44H2,1-2H3,(H,47,48);/q;;+2/p-2. The van der Waals surface area contributed by atoms with Crippen molar-refractivity contribution < 1.29 is 19.8 Å². The van der Waals surface area contributed by atoms with Crippen LogP contribution in [0.4, 0.5) is 0 Å². The molecule has 0 saturated carbocycles. The Hall–Kier alpha value is 0.120. The predicted octanol–water partition coefficient (Wildman–Crippen LogP) is 28.2. The summed E-state index contributed by atoms with van der Waals surface area (Å²) in [5, 5.41) is 21.7. The van der Waals surface area contributed by atoms with Crippen LogP contribution in [-0.2, 0) is 9.59 Å². The van der Waals surface area contributed by atoms with Crippen LogP contribution < -0.4 is 10.2 Å². The van der Waals surface area contributed by atoms with Crippen LogP contribution in [0.1, 0.15) is 529 Å². The van der Waals surface area contributed by atoms with Gasteiger partial charge in [0.15, 0.2) is 0 Å². The van der Waals surface area contributed by atoms with E-state index in [1.165, 1.54) is 488 Å². The molecule has 0 atom stereocenters. The molecule has 0 aromatic heterocycles. The molecule has 0 fully saturated rings. The molecule has 97 heavy (non-hydrogen) atoms. The van der Waals surface area contributed by atoms with Gasteiger partial charge in [0.25, 0.3) is 0 Å². The summed E-state index contributed by atoms with van der Waals surface area (Å²) in [6.45, 7) is 16.1. The summed E-state index contributed by atoms with van der Waals surface area (Å²) in [6, 6.07) is 0. The minimum absolute atomic E-state index is 0. The number of aliphatic carboxylic acids is 2. The minimum Gasteiger partial charge on any atom is -0.550 e. The summed E-state index contributed by atoms with van der Waals surface area (Å²) in [4.78, 5) is 26.9. The van der Waals surface area contributed by atoms with Gasteiger partial charge in [0.05, 0.1) is 0 Å². The Morgan fingerprint density at radius 3 is 0.361 bits per heavy atom. The smallest absolute Gasteiger partial charge is 0.550 e. The van der Waals surface area contributed by atoms with Crippen LogP contribution in [0.3, 0.4) is 0 Å². The Morgan fingerprint density at radius 2 is 0.258 bits per heavy atom. The second kappa shape index (κ2) is 94.1. The summed E-state index contributed by atoms with van der Waals surface area (Å²) in [7, 11) is 0. The first-order valence-electron chi connectivity index (χ1n) is 45.2. The first-order valence-corrected chi connectivity index (χ1v) is 45.2. The predicted molar refractivity (Wildman–Crippen MR) is 431 cm³/mol. The molecular formula is C90H180CaN2O4. The molecule has 0 unspecified atom stereocenters. The number of carboxylic acid groups (broad SMARTS) is 2. The zero-order valence-electron chi connectivity index (χ0n) is 67.6. The third kappa shape index (κ3) is 96.1. The largest absolute Gasteiger partial charge is 2.00 e. The number of carbonyl (C=O) groups excluding carboxylic acids is 2. The Bertz CT molecular complexity index is 1220. The monoisotopic (exact) mass is 1390 g/mol. The van der Waals surface area contributed by atoms with Crippen LogP contribution in [0.15, 0.2) is 0 Å². The number of rotatable bonds is 86. The number of nitrogens with zero attached hydrogens (tertiary/aromatic N) is 2. The van der Waals surface area contributed by atoms with E-state index in [1.54, 1.807) is 0 Å². The first-order chi connectivity index (χ1) is 47.4. The van der Waals surface area contributed by atoms with Gasteiger partial charge in [-0.3, -0.25) is 0 Å². The number of unbranched alkanes of at least 4 members (excludes halogenated alkanes) is 70. The van der Waals surface area contributed by atoms with Gasteiger partial charge in [-0.2, -0.15) is 0 Å². The minimum atomic E-state index is -0.895. The summed E-state index contributed by atoms with van der Waals surface area (Å²) >= 11 is 0. The van der Waals surface area contributed by atoms with E-state index >= 15 is 0 Å². The van der Waals surface area contributed by atoms with Crippen LogP contribution in [0.25, 0.3) is 0 Å². The average Bonchev–Trinajstić information content (AvgIpc) is 3.77.